The van der Waals surface area contributed by atoms with Crippen LogP contribution in [0.1, 0.15) is 17.5 Å². The zero-order valence-electron chi connectivity index (χ0n) is 7.96. The van der Waals surface area contributed by atoms with Gasteiger partial charge in [0.05, 0.1) is 0 Å². The normalized spacial score (nSPS) is 12.1. The number of aryl methyl sites for hydroxylation is 1. The molecule has 0 spiro atoms. The van der Waals surface area contributed by atoms with Crippen molar-refractivity contribution in [3.63, 3.8) is 0 Å². The summed E-state index contributed by atoms with van der Waals surface area (Å²) in [6, 6.07) is 8.49. The summed E-state index contributed by atoms with van der Waals surface area (Å²) in [6.45, 7) is 2.07. The molecule has 0 fully saturated rings. The van der Waals surface area contributed by atoms with Crippen LogP contribution in [0.4, 0.5) is 0 Å². The van der Waals surface area contributed by atoms with Crippen molar-refractivity contribution in [3.05, 3.63) is 35.4 Å². The average molecular weight is 173 g/mol. The van der Waals surface area contributed by atoms with E-state index in [9.17, 15) is 0 Å². The van der Waals surface area contributed by atoms with Gasteiger partial charge in [-0.3, -0.25) is 0 Å². The average Bonchev–Trinajstić information content (AvgIpc) is 2.09. The second-order valence-electron chi connectivity index (χ2n) is 3.36. The van der Waals surface area contributed by atoms with Gasteiger partial charge >= 0.3 is 0 Å². The van der Waals surface area contributed by atoms with E-state index in [1.807, 2.05) is 0 Å². The number of hydrogen-bond donors (Lipinski definition) is 1. The summed E-state index contributed by atoms with van der Waals surface area (Å²) in [5.74, 6) is 2.57. The summed E-state index contributed by atoms with van der Waals surface area (Å²) in [6.07, 6.45) is 6.69. The molecule has 13 heavy (non-hydrogen) atoms. The van der Waals surface area contributed by atoms with E-state index in [2.05, 4.69) is 37.1 Å². The van der Waals surface area contributed by atoms with Crippen LogP contribution in [0.5, 0.6) is 0 Å². The molecule has 0 aliphatic carbocycles. The van der Waals surface area contributed by atoms with Gasteiger partial charge in [-0.25, -0.2) is 0 Å². The lowest BCUT2D eigenvalue weighted by atomic mass is 10.0. The summed E-state index contributed by atoms with van der Waals surface area (Å²) >= 11 is 0. The van der Waals surface area contributed by atoms with Crippen molar-refractivity contribution < 1.29 is 0 Å². The van der Waals surface area contributed by atoms with Crippen LogP contribution in [0.2, 0.25) is 0 Å². The Kier molecular flexibility index (Phi) is 3.54. The Bertz CT molecular complexity index is 292. The molecule has 0 aliphatic heterocycles. The third-order valence-corrected chi connectivity index (χ3v) is 2.00. The molecule has 1 aromatic rings. The molecule has 1 rings (SSSR count). The molecule has 0 heterocycles. The first kappa shape index (κ1) is 9.83. The molecule has 1 aromatic carbocycles. The van der Waals surface area contributed by atoms with Crippen LogP contribution in [0.15, 0.2) is 24.3 Å². The molecule has 1 heteroatoms. The second kappa shape index (κ2) is 4.69. The minimum Gasteiger partial charge on any atom is -0.327 e. The zero-order chi connectivity index (χ0) is 9.68. The molecule has 1 atom stereocenters. The Hall–Kier alpha value is -1.26. The van der Waals surface area contributed by atoms with Gasteiger partial charge in [0.25, 0.3) is 0 Å². The third kappa shape index (κ3) is 3.31. The Morgan fingerprint density at radius 2 is 2.00 bits per heavy atom. The van der Waals surface area contributed by atoms with Gasteiger partial charge in [-0.15, -0.1) is 12.3 Å². The fourth-order valence-electron chi connectivity index (χ4n) is 1.25. The Balaban J connectivity index is 2.55. The maximum atomic E-state index is 5.81. The van der Waals surface area contributed by atoms with Crippen molar-refractivity contribution in [1.29, 1.82) is 0 Å². The molecule has 0 radical (unpaired) electrons. The second-order valence-corrected chi connectivity index (χ2v) is 3.36. The predicted octanol–water partition coefficient (Wildman–Crippen LogP) is 1.89. The largest absolute Gasteiger partial charge is 0.327 e. The molecule has 1 nitrogen and oxygen atoms in total. The summed E-state index contributed by atoms with van der Waals surface area (Å²) in [7, 11) is 0. The zero-order valence-corrected chi connectivity index (χ0v) is 7.96. The van der Waals surface area contributed by atoms with Crippen LogP contribution < -0.4 is 5.73 Å². The minimum absolute atomic E-state index is 0.0905. The SMILES string of the molecule is C#CCC(N)Cc1ccc(C)cc1. The van der Waals surface area contributed by atoms with Gasteiger partial charge in [0.1, 0.15) is 0 Å². The van der Waals surface area contributed by atoms with Gasteiger partial charge in [0.15, 0.2) is 0 Å². The monoisotopic (exact) mass is 173 g/mol. The quantitative estimate of drug-likeness (QED) is 0.694. The lowest BCUT2D eigenvalue weighted by Gasteiger charge is -2.07. The summed E-state index contributed by atoms with van der Waals surface area (Å²) < 4.78 is 0. The third-order valence-electron chi connectivity index (χ3n) is 2.00. The lowest BCUT2D eigenvalue weighted by molar-refractivity contribution is 0.689. The van der Waals surface area contributed by atoms with Gasteiger partial charge in [0.2, 0.25) is 0 Å². The first-order valence-electron chi connectivity index (χ1n) is 4.47. The van der Waals surface area contributed by atoms with E-state index in [4.69, 9.17) is 12.2 Å². The highest BCUT2D eigenvalue weighted by atomic mass is 14.6. The fraction of sp³-hybridized carbons (Fsp3) is 0.333. The van der Waals surface area contributed by atoms with Crippen molar-refractivity contribution in [2.24, 2.45) is 5.73 Å². The summed E-state index contributed by atoms with van der Waals surface area (Å²) in [5, 5.41) is 0. The van der Waals surface area contributed by atoms with Crippen LogP contribution in [0.3, 0.4) is 0 Å². The lowest BCUT2D eigenvalue weighted by Crippen LogP contribution is -2.21. The van der Waals surface area contributed by atoms with Gasteiger partial charge in [-0.1, -0.05) is 29.8 Å². The van der Waals surface area contributed by atoms with E-state index in [0.29, 0.717) is 6.42 Å². The van der Waals surface area contributed by atoms with E-state index >= 15 is 0 Å². The highest BCUT2D eigenvalue weighted by molar-refractivity contribution is 5.22. The van der Waals surface area contributed by atoms with Crippen molar-refractivity contribution in [1.82, 2.24) is 0 Å². The highest BCUT2D eigenvalue weighted by Crippen LogP contribution is 2.06. The van der Waals surface area contributed by atoms with Crippen molar-refractivity contribution in [2.45, 2.75) is 25.8 Å². The molecule has 1 unspecified atom stereocenters. The predicted molar refractivity (Wildman–Crippen MR) is 56.3 cm³/mol. The van der Waals surface area contributed by atoms with Crippen molar-refractivity contribution in [3.8, 4) is 12.3 Å². The number of nitrogens with two attached hydrogens (primary N) is 1. The van der Waals surface area contributed by atoms with Gasteiger partial charge in [-0.05, 0) is 18.9 Å². The molecule has 0 saturated heterocycles. The topological polar surface area (TPSA) is 26.0 Å². The van der Waals surface area contributed by atoms with Crippen LogP contribution in [-0.4, -0.2) is 6.04 Å². The molecular weight excluding hydrogens is 158 g/mol. The number of hydrogen-bond acceptors (Lipinski definition) is 1. The minimum atomic E-state index is 0.0905. The number of terminal acetylenes is 1. The standard InChI is InChI=1S/C12H15N/c1-3-4-12(13)9-11-7-5-10(2)6-8-11/h1,5-8,12H,4,9,13H2,2H3. The maximum absolute atomic E-state index is 5.81. The first-order chi connectivity index (χ1) is 6.22. The molecule has 0 bridgehead atoms. The molecule has 0 amide bonds. The number of benzene rings is 1. The van der Waals surface area contributed by atoms with Crippen LogP contribution in [0, 0.1) is 19.3 Å². The van der Waals surface area contributed by atoms with Crippen molar-refractivity contribution >= 4 is 0 Å². The first-order valence-corrected chi connectivity index (χ1v) is 4.47. The number of rotatable bonds is 3. The Morgan fingerprint density at radius 3 is 2.54 bits per heavy atom. The molecule has 0 saturated carbocycles. The van der Waals surface area contributed by atoms with Gasteiger partial charge < -0.3 is 5.73 Å². The summed E-state index contributed by atoms with van der Waals surface area (Å²) in [5.41, 5.74) is 8.34. The fourth-order valence-corrected chi connectivity index (χ4v) is 1.25. The van der Waals surface area contributed by atoms with E-state index < -0.39 is 0 Å². The van der Waals surface area contributed by atoms with Crippen LogP contribution in [-0.2, 0) is 6.42 Å². The Morgan fingerprint density at radius 1 is 1.38 bits per heavy atom. The molecule has 68 valence electrons. The highest BCUT2D eigenvalue weighted by Gasteiger charge is 2.01. The van der Waals surface area contributed by atoms with Crippen molar-refractivity contribution in [2.75, 3.05) is 0 Å². The van der Waals surface area contributed by atoms with E-state index in [1.165, 1.54) is 11.1 Å². The van der Waals surface area contributed by atoms with Gasteiger partial charge in [0, 0.05) is 12.5 Å². The Labute approximate surface area is 80.0 Å². The van der Waals surface area contributed by atoms with E-state index in [0.717, 1.165) is 6.42 Å². The molecule has 2 N–H and O–H groups in total. The smallest absolute Gasteiger partial charge is 0.0241 e. The van der Waals surface area contributed by atoms with Crippen LogP contribution >= 0.6 is 0 Å². The summed E-state index contributed by atoms with van der Waals surface area (Å²) in [4.78, 5) is 0. The van der Waals surface area contributed by atoms with Gasteiger partial charge in [-0.2, -0.15) is 0 Å². The molecular formula is C12H15N. The van der Waals surface area contributed by atoms with E-state index in [-0.39, 0.29) is 6.04 Å². The maximum Gasteiger partial charge on any atom is 0.0241 e. The van der Waals surface area contributed by atoms with E-state index in [1.54, 1.807) is 0 Å². The molecule has 0 aliphatic rings. The molecule has 0 aromatic heterocycles. The van der Waals surface area contributed by atoms with Crippen LogP contribution in [0.25, 0.3) is 0 Å².